The lowest BCUT2D eigenvalue weighted by Crippen LogP contribution is -2.43. The summed E-state index contributed by atoms with van der Waals surface area (Å²) in [6, 6.07) is 2.31. The van der Waals surface area contributed by atoms with Crippen LogP contribution < -0.4 is 4.72 Å². The number of methoxy groups -OCH3 is 1. The average Bonchev–Trinajstić information content (AvgIpc) is 2.26. The van der Waals surface area contributed by atoms with E-state index in [4.69, 9.17) is 28.3 Å². The molecule has 1 rings (SSSR count). The predicted octanol–water partition coefficient (Wildman–Crippen LogP) is 1.37. The zero-order chi connectivity index (χ0) is 14.6. The molecule has 19 heavy (non-hydrogen) atoms. The summed E-state index contributed by atoms with van der Waals surface area (Å²) in [6.45, 7) is -0.303. The van der Waals surface area contributed by atoms with Gasteiger partial charge in [-0.1, -0.05) is 23.2 Å². The Labute approximate surface area is 120 Å². The number of carboxylic acids is 1. The molecule has 1 unspecified atom stereocenters. The molecule has 0 amide bonds. The van der Waals surface area contributed by atoms with Gasteiger partial charge in [0.2, 0.25) is 10.0 Å². The third-order valence-corrected chi connectivity index (χ3v) is 3.96. The molecule has 1 atom stereocenters. The molecule has 1 aromatic rings. The van der Waals surface area contributed by atoms with E-state index in [0.29, 0.717) is 0 Å². The van der Waals surface area contributed by atoms with E-state index in [1.54, 1.807) is 0 Å². The molecule has 0 saturated heterocycles. The molecule has 0 aliphatic rings. The second kappa shape index (κ2) is 6.53. The van der Waals surface area contributed by atoms with Gasteiger partial charge < -0.3 is 9.84 Å². The molecule has 106 valence electrons. The van der Waals surface area contributed by atoms with Crippen molar-refractivity contribution in [3.05, 3.63) is 28.2 Å². The number of nitrogens with one attached hydrogen (secondary N) is 1. The highest BCUT2D eigenvalue weighted by molar-refractivity contribution is 7.89. The zero-order valence-electron chi connectivity index (χ0n) is 9.76. The topological polar surface area (TPSA) is 92.7 Å². The van der Waals surface area contributed by atoms with Crippen LogP contribution in [0.4, 0.5) is 0 Å². The quantitative estimate of drug-likeness (QED) is 0.823. The minimum Gasteiger partial charge on any atom is -0.480 e. The van der Waals surface area contributed by atoms with Gasteiger partial charge in [0.1, 0.15) is 6.04 Å². The summed E-state index contributed by atoms with van der Waals surface area (Å²) >= 11 is 11.4. The van der Waals surface area contributed by atoms with E-state index in [1.807, 2.05) is 4.72 Å². The van der Waals surface area contributed by atoms with Crippen molar-refractivity contribution in [2.45, 2.75) is 10.9 Å². The monoisotopic (exact) mass is 327 g/mol. The van der Waals surface area contributed by atoms with Crippen LogP contribution in [0.25, 0.3) is 0 Å². The number of hydrogen-bond acceptors (Lipinski definition) is 4. The lowest BCUT2D eigenvalue weighted by molar-refractivity contribution is -0.140. The molecule has 0 aromatic heterocycles. The van der Waals surface area contributed by atoms with Crippen LogP contribution in [0.3, 0.4) is 0 Å². The molecule has 0 fully saturated rings. The van der Waals surface area contributed by atoms with Crippen LogP contribution in [0, 0.1) is 0 Å². The summed E-state index contributed by atoms with van der Waals surface area (Å²) in [5.74, 6) is -1.35. The van der Waals surface area contributed by atoms with Crippen LogP contribution in [0.5, 0.6) is 0 Å². The summed E-state index contributed by atoms with van der Waals surface area (Å²) in [4.78, 5) is 10.7. The van der Waals surface area contributed by atoms with E-state index in [0.717, 1.165) is 0 Å². The fourth-order valence-corrected chi connectivity index (χ4v) is 3.16. The second-order valence-corrected chi connectivity index (χ2v) is 6.16. The first kappa shape index (κ1) is 16.2. The molecular weight excluding hydrogens is 317 g/mol. The third kappa shape index (κ3) is 4.63. The number of benzene rings is 1. The Balaban J connectivity index is 3.06. The fraction of sp³-hybridized carbons (Fsp3) is 0.300. The van der Waals surface area contributed by atoms with E-state index in [-0.39, 0.29) is 21.5 Å². The lowest BCUT2D eigenvalue weighted by atomic mass is 10.3. The van der Waals surface area contributed by atoms with E-state index >= 15 is 0 Å². The third-order valence-electron chi connectivity index (χ3n) is 2.08. The Kier molecular flexibility index (Phi) is 5.57. The molecule has 0 aliphatic carbocycles. The van der Waals surface area contributed by atoms with Crippen LogP contribution in [-0.2, 0) is 19.6 Å². The van der Waals surface area contributed by atoms with E-state index < -0.39 is 22.0 Å². The van der Waals surface area contributed by atoms with Crippen molar-refractivity contribution in [1.29, 1.82) is 0 Å². The first-order valence-electron chi connectivity index (χ1n) is 4.96. The average molecular weight is 328 g/mol. The molecule has 1 aromatic carbocycles. The fourth-order valence-electron chi connectivity index (χ4n) is 1.26. The number of rotatable bonds is 6. The normalized spacial score (nSPS) is 13.2. The van der Waals surface area contributed by atoms with Crippen LogP contribution in [0.2, 0.25) is 10.0 Å². The number of aliphatic carboxylic acids is 1. The van der Waals surface area contributed by atoms with Crippen LogP contribution in [0.15, 0.2) is 23.1 Å². The molecule has 0 saturated carbocycles. The maximum absolute atomic E-state index is 12.0. The number of carboxylic acid groups (broad SMARTS) is 1. The van der Waals surface area contributed by atoms with Crippen molar-refractivity contribution < 1.29 is 23.1 Å². The van der Waals surface area contributed by atoms with Crippen LogP contribution >= 0.6 is 23.2 Å². The van der Waals surface area contributed by atoms with Gasteiger partial charge in [0.15, 0.2) is 0 Å². The smallest absolute Gasteiger partial charge is 0.324 e. The second-order valence-electron chi connectivity index (χ2n) is 3.57. The molecule has 0 aliphatic heterocycles. The first-order chi connectivity index (χ1) is 8.76. The number of hydrogen-bond donors (Lipinski definition) is 2. The highest BCUT2D eigenvalue weighted by Gasteiger charge is 2.25. The van der Waals surface area contributed by atoms with Gasteiger partial charge in [-0.2, -0.15) is 4.72 Å². The van der Waals surface area contributed by atoms with Crippen molar-refractivity contribution in [2.24, 2.45) is 0 Å². The van der Waals surface area contributed by atoms with Gasteiger partial charge in [0.25, 0.3) is 0 Å². The predicted molar refractivity (Wildman–Crippen MR) is 70.1 cm³/mol. The van der Waals surface area contributed by atoms with Gasteiger partial charge in [0.05, 0.1) is 11.5 Å². The van der Waals surface area contributed by atoms with E-state index in [1.165, 1.54) is 25.3 Å². The highest BCUT2D eigenvalue weighted by atomic mass is 35.5. The highest BCUT2D eigenvalue weighted by Crippen LogP contribution is 2.22. The van der Waals surface area contributed by atoms with Crippen molar-refractivity contribution in [1.82, 2.24) is 4.72 Å². The van der Waals surface area contributed by atoms with Gasteiger partial charge >= 0.3 is 5.97 Å². The largest absolute Gasteiger partial charge is 0.480 e. The number of halogens is 2. The molecule has 9 heteroatoms. The Hall–Kier alpha value is -0.860. The number of ether oxygens (including phenoxy) is 1. The summed E-state index contributed by atoms with van der Waals surface area (Å²) in [5, 5.41) is 9.13. The Morgan fingerprint density at radius 2 is 1.89 bits per heavy atom. The van der Waals surface area contributed by atoms with Crippen molar-refractivity contribution in [3.63, 3.8) is 0 Å². The van der Waals surface area contributed by atoms with E-state index in [2.05, 4.69) is 4.74 Å². The van der Waals surface area contributed by atoms with Gasteiger partial charge in [0, 0.05) is 17.2 Å². The number of sulfonamides is 1. The zero-order valence-corrected chi connectivity index (χ0v) is 12.1. The molecular formula is C10H11Cl2NO5S. The van der Waals surface area contributed by atoms with Crippen molar-refractivity contribution in [3.8, 4) is 0 Å². The van der Waals surface area contributed by atoms with Crippen molar-refractivity contribution in [2.75, 3.05) is 13.7 Å². The Morgan fingerprint density at radius 3 is 2.32 bits per heavy atom. The minimum absolute atomic E-state index is 0.131. The molecule has 0 spiro atoms. The Bertz CT molecular complexity index is 555. The molecule has 2 N–H and O–H groups in total. The molecule has 6 nitrogen and oxygen atoms in total. The first-order valence-corrected chi connectivity index (χ1v) is 7.20. The maximum atomic E-state index is 12.0. The van der Waals surface area contributed by atoms with Gasteiger partial charge in [-0.25, -0.2) is 8.42 Å². The minimum atomic E-state index is -4.05. The van der Waals surface area contributed by atoms with Crippen LogP contribution in [0.1, 0.15) is 0 Å². The molecule has 0 radical (unpaired) electrons. The summed E-state index contributed by atoms with van der Waals surface area (Å²) < 4.78 is 30.6. The van der Waals surface area contributed by atoms with Crippen molar-refractivity contribution >= 4 is 39.2 Å². The summed E-state index contributed by atoms with van der Waals surface area (Å²) in [6.07, 6.45) is 0. The lowest BCUT2D eigenvalue weighted by Gasteiger charge is -2.14. The van der Waals surface area contributed by atoms with Gasteiger partial charge in [-0.05, 0) is 18.2 Å². The van der Waals surface area contributed by atoms with Gasteiger partial charge in [-0.15, -0.1) is 0 Å². The maximum Gasteiger partial charge on any atom is 0.324 e. The van der Waals surface area contributed by atoms with Crippen LogP contribution in [-0.4, -0.2) is 39.3 Å². The standard InChI is InChI=1S/C10H11Cl2NO5S/c1-18-5-9(10(14)15)13-19(16,17)8-3-6(11)2-7(12)4-8/h2-4,9,13H,5H2,1H3,(H,14,15). The number of carbonyl (C=O) groups is 1. The molecule has 0 heterocycles. The SMILES string of the molecule is COCC(NS(=O)(=O)c1cc(Cl)cc(Cl)c1)C(=O)O. The summed E-state index contributed by atoms with van der Waals surface area (Å²) in [7, 11) is -2.79. The summed E-state index contributed by atoms with van der Waals surface area (Å²) in [5.41, 5.74) is 0. The van der Waals surface area contributed by atoms with E-state index in [9.17, 15) is 13.2 Å². The Morgan fingerprint density at radius 1 is 1.37 bits per heavy atom. The molecule has 0 bridgehead atoms. The van der Waals surface area contributed by atoms with Gasteiger partial charge in [-0.3, -0.25) is 4.79 Å².